The van der Waals surface area contributed by atoms with E-state index in [1.165, 1.54) is 0 Å². The number of hydrogen-bond acceptors (Lipinski definition) is 10. The first-order valence-electron chi connectivity index (χ1n) is 16.4. The molecule has 0 saturated carbocycles. The van der Waals surface area contributed by atoms with E-state index in [1.807, 2.05) is 17.0 Å². The van der Waals surface area contributed by atoms with E-state index in [2.05, 4.69) is 54.1 Å². The van der Waals surface area contributed by atoms with Gasteiger partial charge in [0.2, 0.25) is 11.9 Å². The summed E-state index contributed by atoms with van der Waals surface area (Å²) in [4.78, 5) is 40.5. The van der Waals surface area contributed by atoms with E-state index >= 15 is 0 Å². The number of nitrogens with zero attached hydrogens (tertiary/aromatic N) is 5. The van der Waals surface area contributed by atoms with Crippen LogP contribution in [0, 0.1) is 0 Å². The molecule has 256 valence electrons. The largest absolute Gasteiger partial charge is 0.493 e. The number of carbonyl (C=O) groups is 2. The van der Waals surface area contributed by atoms with Crippen molar-refractivity contribution in [2.24, 2.45) is 0 Å². The summed E-state index contributed by atoms with van der Waals surface area (Å²) in [5.41, 5.74) is 8.01. The quantitative estimate of drug-likeness (QED) is 0.220. The lowest BCUT2D eigenvalue weighted by Crippen LogP contribution is -2.49. The predicted octanol–water partition coefficient (Wildman–Crippen LogP) is 4.85. The van der Waals surface area contributed by atoms with Gasteiger partial charge in [-0.05, 0) is 50.7 Å². The number of carbonyl (C=O) groups excluding carboxylic acids is 2. The number of nitrogen functional groups attached to an aromatic ring is 1. The number of amides is 2. The number of unbranched alkanes of at least 4 members (excludes halogenated alkanes) is 4. The number of fused-ring (bicyclic) bond motifs is 1. The predicted molar refractivity (Wildman–Crippen MR) is 186 cm³/mol. The van der Waals surface area contributed by atoms with Crippen LogP contribution in [0.2, 0.25) is 0 Å². The Morgan fingerprint density at radius 2 is 1.62 bits per heavy atom. The number of ether oxygens (including phenoxy) is 3. The SMILES string of the molecule is COc1cc2nc(N3CCN(C(=O)CCCCCCCNC(=O)Oc4cccc(C(C)(C)CN(C)C)c4)CC3)nc(N)c2cc1OC. The van der Waals surface area contributed by atoms with Crippen molar-refractivity contribution in [3.63, 3.8) is 0 Å². The van der Waals surface area contributed by atoms with Crippen LogP contribution in [0.15, 0.2) is 36.4 Å². The molecular formula is C35H51N7O5. The third kappa shape index (κ3) is 9.84. The van der Waals surface area contributed by atoms with E-state index < -0.39 is 6.09 Å². The van der Waals surface area contributed by atoms with Gasteiger partial charge in [-0.3, -0.25) is 4.79 Å². The van der Waals surface area contributed by atoms with Gasteiger partial charge in [-0.1, -0.05) is 45.2 Å². The van der Waals surface area contributed by atoms with Gasteiger partial charge in [0.1, 0.15) is 11.6 Å². The van der Waals surface area contributed by atoms with Crippen LogP contribution in [0.3, 0.4) is 0 Å². The first-order valence-corrected chi connectivity index (χ1v) is 16.4. The molecule has 3 aromatic rings. The molecule has 0 radical (unpaired) electrons. The fourth-order valence-corrected chi connectivity index (χ4v) is 6.05. The molecule has 1 aromatic heterocycles. The van der Waals surface area contributed by atoms with Crippen LogP contribution >= 0.6 is 0 Å². The summed E-state index contributed by atoms with van der Waals surface area (Å²) in [6, 6.07) is 11.3. The van der Waals surface area contributed by atoms with Crippen molar-refractivity contribution in [1.29, 1.82) is 0 Å². The summed E-state index contributed by atoms with van der Waals surface area (Å²) < 4.78 is 16.3. The molecule has 0 bridgehead atoms. The van der Waals surface area contributed by atoms with E-state index in [9.17, 15) is 9.59 Å². The second-order valence-electron chi connectivity index (χ2n) is 13.0. The molecule has 2 heterocycles. The summed E-state index contributed by atoms with van der Waals surface area (Å²) in [5, 5.41) is 3.55. The third-order valence-corrected chi connectivity index (χ3v) is 8.51. The van der Waals surface area contributed by atoms with Gasteiger partial charge in [0, 0.05) is 62.6 Å². The molecule has 1 aliphatic heterocycles. The number of nitrogens with one attached hydrogen (secondary N) is 1. The molecule has 0 unspecified atom stereocenters. The highest BCUT2D eigenvalue weighted by Crippen LogP contribution is 2.34. The highest BCUT2D eigenvalue weighted by molar-refractivity contribution is 5.91. The molecule has 3 N–H and O–H groups in total. The van der Waals surface area contributed by atoms with E-state index in [0.29, 0.717) is 79.1 Å². The second kappa shape index (κ2) is 16.5. The Balaban J connectivity index is 1.10. The van der Waals surface area contributed by atoms with Crippen molar-refractivity contribution in [1.82, 2.24) is 25.1 Å². The lowest BCUT2D eigenvalue weighted by molar-refractivity contribution is -0.131. The number of piperazine rings is 1. The van der Waals surface area contributed by atoms with Crippen LogP contribution in [-0.4, -0.2) is 99.4 Å². The summed E-state index contributed by atoms with van der Waals surface area (Å²) in [6.07, 6.45) is 4.79. The minimum absolute atomic E-state index is 0.0613. The van der Waals surface area contributed by atoms with Crippen LogP contribution < -0.4 is 30.2 Å². The standard InChI is InChI=1S/C35H51N7O5/c1-35(2,24-40(3)4)25-13-12-14-26(21-25)47-34(44)37-16-11-9-7-8-10-15-31(43)41-17-19-42(20-18-41)33-38-28-23-30(46-6)29(45-5)22-27(28)32(36)39-33/h12-14,21-23H,7-11,15-20,24H2,1-6H3,(H,37,44)(H2,36,38,39). The average Bonchev–Trinajstić information content (AvgIpc) is 3.04. The highest BCUT2D eigenvalue weighted by Gasteiger charge is 2.24. The molecule has 2 amide bonds. The van der Waals surface area contributed by atoms with Gasteiger partial charge >= 0.3 is 6.09 Å². The van der Waals surface area contributed by atoms with E-state index in [-0.39, 0.29) is 11.3 Å². The van der Waals surface area contributed by atoms with E-state index in [4.69, 9.17) is 24.9 Å². The molecule has 47 heavy (non-hydrogen) atoms. The summed E-state index contributed by atoms with van der Waals surface area (Å²) in [5.74, 6) is 2.80. The van der Waals surface area contributed by atoms with Crippen molar-refractivity contribution in [2.75, 3.05) is 78.2 Å². The number of aromatic nitrogens is 2. The van der Waals surface area contributed by atoms with Crippen LogP contribution in [0.1, 0.15) is 57.9 Å². The van der Waals surface area contributed by atoms with Crippen molar-refractivity contribution in [2.45, 2.75) is 57.8 Å². The summed E-state index contributed by atoms with van der Waals surface area (Å²) in [7, 11) is 7.26. The number of likely N-dealkylation sites (N-methyl/N-ethyl adjacent to an activating group) is 1. The molecule has 4 rings (SSSR count). The maximum Gasteiger partial charge on any atom is 0.412 e. The van der Waals surface area contributed by atoms with Gasteiger partial charge in [0.05, 0.1) is 19.7 Å². The number of benzene rings is 2. The minimum Gasteiger partial charge on any atom is -0.493 e. The molecule has 2 aromatic carbocycles. The number of methoxy groups -OCH3 is 2. The molecular weight excluding hydrogens is 598 g/mol. The number of nitrogens with two attached hydrogens (primary N) is 1. The minimum atomic E-state index is -0.435. The molecule has 0 atom stereocenters. The second-order valence-corrected chi connectivity index (χ2v) is 13.0. The van der Waals surface area contributed by atoms with Crippen LogP contribution in [0.5, 0.6) is 17.2 Å². The fourth-order valence-electron chi connectivity index (χ4n) is 6.05. The molecule has 12 heteroatoms. The maximum absolute atomic E-state index is 12.9. The first kappa shape index (κ1) is 35.5. The Bertz CT molecular complexity index is 1510. The van der Waals surface area contributed by atoms with Gasteiger partial charge in [0.25, 0.3) is 0 Å². The Morgan fingerprint density at radius 1 is 0.936 bits per heavy atom. The number of anilines is 2. The zero-order valence-corrected chi connectivity index (χ0v) is 28.8. The zero-order valence-electron chi connectivity index (χ0n) is 28.8. The van der Waals surface area contributed by atoms with Gasteiger partial charge < -0.3 is 40.0 Å². The van der Waals surface area contributed by atoms with Gasteiger partial charge in [-0.2, -0.15) is 4.98 Å². The van der Waals surface area contributed by atoms with Crippen LogP contribution in [-0.2, 0) is 10.2 Å². The lowest BCUT2D eigenvalue weighted by atomic mass is 9.84. The summed E-state index contributed by atoms with van der Waals surface area (Å²) in [6.45, 7) is 8.32. The highest BCUT2D eigenvalue weighted by atomic mass is 16.6. The lowest BCUT2D eigenvalue weighted by Gasteiger charge is -2.35. The van der Waals surface area contributed by atoms with Gasteiger partial charge in [-0.15, -0.1) is 0 Å². The monoisotopic (exact) mass is 649 g/mol. The topological polar surface area (TPSA) is 135 Å². The van der Waals surface area contributed by atoms with Gasteiger partial charge in [-0.25, -0.2) is 9.78 Å². The molecule has 0 aliphatic carbocycles. The van der Waals surface area contributed by atoms with Crippen molar-refractivity contribution >= 4 is 34.7 Å². The molecule has 0 spiro atoms. The number of rotatable bonds is 15. The normalized spacial score (nSPS) is 13.6. The molecule has 1 saturated heterocycles. The average molecular weight is 650 g/mol. The van der Waals surface area contributed by atoms with E-state index in [0.717, 1.165) is 44.2 Å². The third-order valence-electron chi connectivity index (χ3n) is 8.51. The van der Waals surface area contributed by atoms with Crippen LogP contribution in [0.25, 0.3) is 10.9 Å². The smallest absolute Gasteiger partial charge is 0.412 e. The Labute approximate surface area is 278 Å². The first-order chi connectivity index (χ1) is 22.5. The zero-order chi connectivity index (χ0) is 34.0. The van der Waals surface area contributed by atoms with Crippen LogP contribution in [0.4, 0.5) is 16.6 Å². The van der Waals surface area contributed by atoms with Crippen molar-refractivity contribution in [3.05, 3.63) is 42.0 Å². The fraction of sp³-hybridized carbons (Fsp3) is 0.543. The van der Waals surface area contributed by atoms with Gasteiger partial charge in [0.15, 0.2) is 11.5 Å². The Morgan fingerprint density at radius 3 is 2.32 bits per heavy atom. The molecule has 1 aliphatic rings. The van der Waals surface area contributed by atoms with Crippen molar-refractivity contribution in [3.8, 4) is 17.2 Å². The van der Waals surface area contributed by atoms with E-state index in [1.54, 1.807) is 32.4 Å². The Kier molecular flexibility index (Phi) is 12.5. The molecule has 1 fully saturated rings. The van der Waals surface area contributed by atoms with Crippen molar-refractivity contribution < 1.29 is 23.8 Å². The molecule has 12 nitrogen and oxygen atoms in total. The Hall–Kier alpha value is -4.32. The summed E-state index contributed by atoms with van der Waals surface area (Å²) >= 11 is 0. The maximum atomic E-state index is 12.9. The number of hydrogen-bond donors (Lipinski definition) is 2.